The van der Waals surface area contributed by atoms with Crippen LogP contribution in [0.4, 0.5) is 13.2 Å². The number of phenolic OH excluding ortho intramolecular Hbond substituents is 1. The lowest BCUT2D eigenvalue weighted by molar-refractivity contribution is -0.152. The zero-order chi connectivity index (χ0) is 99.4. The van der Waals surface area contributed by atoms with Crippen LogP contribution >= 0.6 is 11.8 Å². The second-order valence-electron chi connectivity index (χ2n) is 33.6. The molecule has 5 aromatic carbocycles. The summed E-state index contributed by atoms with van der Waals surface area (Å²) in [6, 6.07) is 8.42. The summed E-state index contributed by atoms with van der Waals surface area (Å²) in [5.74, 6) is -26.8. The highest BCUT2D eigenvalue weighted by Crippen LogP contribution is 2.28. The normalized spacial score (nSPS) is 17.0. The molecule has 0 radical (unpaired) electrons. The van der Waals surface area contributed by atoms with Crippen molar-refractivity contribution in [2.75, 3.05) is 52.3 Å². The number of amides is 15. The van der Waals surface area contributed by atoms with Crippen LogP contribution in [0.5, 0.6) is 5.75 Å². The molecule has 15 atom stereocenters. The third-order valence-corrected chi connectivity index (χ3v) is 24.1. The monoisotopic (exact) mass is 1900 g/mol. The van der Waals surface area contributed by atoms with Gasteiger partial charge in [0.2, 0.25) is 88.6 Å². The first-order valence-corrected chi connectivity index (χ1v) is 44.6. The van der Waals surface area contributed by atoms with Gasteiger partial charge in [-0.1, -0.05) is 125 Å². The molecule has 2 aliphatic heterocycles. The Balaban J connectivity index is 1.03. The Morgan fingerprint density at radius 3 is 1.61 bits per heavy atom. The number of aliphatic hydroxyl groups excluding tert-OH is 2. The Kier molecular flexibility index (Phi) is 39.7. The van der Waals surface area contributed by atoms with Gasteiger partial charge in [-0.15, -0.1) is 11.8 Å². The quantitative estimate of drug-likeness (QED) is 0.0153. The van der Waals surface area contributed by atoms with Gasteiger partial charge in [-0.3, -0.25) is 81.5 Å². The van der Waals surface area contributed by atoms with Gasteiger partial charge in [0.1, 0.15) is 78.5 Å². The average molecular weight is 1900 g/mol. The number of primary amides is 2. The van der Waals surface area contributed by atoms with Crippen LogP contribution in [0, 0.1) is 23.4 Å². The van der Waals surface area contributed by atoms with E-state index in [1.807, 2.05) is 0 Å². The Morgan fingerprint density at radius 2 is 1.05 bits per heavy atom. The number of aliphatic carboxylic acids is 2. The zero-order valence-corrected chi connectivity index (χ0v) is 75.8. The van der Waals surface area contributed by atoms with Crippen LogP contribution in [-0.4, -0.2) is 305 Å². The molecule has 0 aliphatic carbocycles. The second-order valence-corrected chi connectivity index (χ2v) is 34.6. The number of H-pyrrole nitrogens is 1. The number of para-hydroxylation sites is 1. The lowest BCUT2D eigenvalue weighted by Crippen LogP contribution is -2.61. The second kappa shape index (κ2) is 50.3. The molecule has 15 amide bonds. The molecule has 0 unspecified atom stereocenters. The fourth-order valence-corrected chi connectivity index (χ4v) is 16.6. The number of phenols is 1. The van der Waals surface area contributed by atoms with E-state index in [1.54, 1.807) is 112 Å². The van der Waals surface area contributed by atoms with Gasteiger partial charge in [0, 0.05) is 102 Å². The molecule has 2 saturated heterocycles. The number of aromatic amines is 1. The first-order chi connectivity index (χ1) is 64.0. The number of likely N-dealkylation sites (N-methyl/N-ethyl adjacent to an activating group) is 3. The number of thioether (sulfide) groups is 1. The predicted octanol–water partition coefficient (Wildman–Crippen LogP) is -1.48. The number of benzene rings is 5. The molecule has 728 valence electrons. The molecule has 6 aromatic rings. The van der Waals surface area contributed by atoms with Crippen molar-refractivity contribution in [1.82, 2.24) is 72.0 Å². The number of aliphatic hydroxyl groups is 2. The molecular weight excluding hydrogens is 1790 g/mol. The van der Waals surface area contributed by atoms with Gasteiger partial charge in [0.25, 0.3) is 0 Å². The van der Waals surface area contributed by atoms with Gasteiger partial charge < -0.3 is 120 Å². The van der Waals surface area contributed by atoms with Gasteiger partial charge in [0.15, 0.2) is 17.5 Å². The maximum absolute atomic E-state index is 15.6. The number of carboxylic acid groups (broad SMARTS) is 2. The summed E-state index contributed by atoms with van der Waals surface area (Å²) in [5, 5.41) is 71.7. The lowest BCUT2D eigenvalue weighted by Gasteiger charge is -2.38. The number of fused-ring (bicyclic) bond motifs is 1. The molecule has 135 heavy (non-hydrogen) atoms. The summed E-state index contributed by atoms with van der Waals surface area (Å²) in [4.78, 5) is 260. The molecule has 2 aliphatic rings. The molecule has 1 aromatic heterocycles. The number of aromatic nitrogens is 1. The van der Waals surface area contributed by atoms with Gasteiger partial charge in [-0.05, 0) is 83.3 Å². The van der Waals surface area contributed by atoms with Crippen molar-refractivity contribution >= 4 is 129 Å². The number of nitrogens with one attached hydrogen (secondary N) is 9. The molecular formula is C91H114F3N17O23S. The minimum absolute atomic E-state index is 0.106. The van der Waals surface area contributed by atoms with Gasteiger partial charge >= 0.3 is 11.9 Å². The minimum Gasteiger partial charge on any atom is -0.508 e. The first-order valence-electron chi connectivity index (χ1n) is 43.5. The van der Waals surface area contributed by atoms with E-state index < -0.39 is 290 Å². The molecule has 2 fully saturated rings. The molecule has 44 heteroatoms. The summed E-state index contributed by atoms with van der Waals surface area (Å²) < 4.78 is 45.0. The van der Waals surface area contributed by atoms with Crippen molar-refractivity contribution in [3.05, 3.63) is 173 Å². The van der Waals surface area contributed by atoms with Gasteiger partial charge in [0.05, 0.1) is 49.4 Å². The average Bonchev–Trinajstić information content (AvgIpc) is 1.68. The molecule has 0 saturated carbocycles. The number of nitrogens with two attached hydrogens (primary N) is 3. The maximum Gasteiger partial charge on any atom is 0.305 e. The van der Waals surface area contributed by atoms with Crippen molar-refractivity contribution in [2.45, 2.75) is 201 Å². The van der Waals surface area contributed by atoms with E-state index in [2.05, 4.69) is 47.5 Å². The van der Waals surface area contributed by atoms with Crippen molar-refractivity contribution in [3.8, 4) is 5.75 Å². The summed E-state index contributed by atoms with van der Waals surface area (Å²) in [6.45, 7) is 3.10. The van der Waals surface area contributed by atoms with E-state index >= 15 is 28.0 Å². The number of carboxylic acids is 2. The number of nitrogens with zero attached hydrogens (tertiary/aromatic N) is 5. The first kappa shape index (κ1) is 106. The van der Waals surface area contributed by atoms with E-state index in [9.17, 15) is 97.0 Å². The number of hydrogen-bond donors (Lipinski definition) is 17. The number of aldehydes is 1. The third kappa shape index (κ3) is 30.6. The fourth-order valence-electron chi connectivity index (χ4n) is 15.7. The largest absolute Gasteiger partial charge is 0.508 e. The summed E-state index contributed by atoms with van der Waals surface area (Å²) in [6.07, 6.45) is -5.78. The van der Waals surface area contributed by atoms with E-state index in [4.69, 9.17) is 17.2 Å². The van der Waals surface area contributed by atoms with E-state index in [0.717, 1.165) is 31.5 Å². The van der Waals surface area contributed by atoms with Gasteiger partial charge in [-0.2, -0.15) is 0 Å². The van der Waals surface area contributed by atoms with Crippen molar-refractivity contribution in [3.63, 3.8) is 0 Å². The Labute approximate surface area is 778 Å². The number of halogens is 3. The molecule has 8 rings (SSSR count). The molecule has 40 nitrogen and oxygen atoms in total. The summed E-state index contributed by atoms with van der Waals surface area (Å²) in [7, 11) is 3.69. The highest BCUT2D eigenvalue weighted by atomic mass is 32.2. The van der Waals surface area contributed by atoms with Crippen LogP contribution in [0.2, 0.25) is 0 Å². The number of β-amino-alcohol motifs (C(OH)–C–C–N with tert-alkyl or cyclic N) is 2. The van der Waals surface area contributed by atoms with Crippen LogP contribution in [0.3, 0.4) is 0 Å². The molecule has 20 N–H and O–H groups in total. The van der Waals surface area contributed by atoms with Crippen LogP contribution in [0.1, 0.15) is 106 Å². The Morgan fingerprint density at radius 1 is 0.541 bits per heavy atom. The fraction of sp³-hybridized carbons (Fsp3) is 0.451. The van der Waals surface area contributed by atoms with Crippen LogP contribution in [0.25, 0.3) is 10.9 Å². The zero-order valence-electron chi connectivity index (χ0n) is 75.0. The minimum atomic E-state index is -2.06. The molecule has 3 heterocycles. The number of carbonyl (C=O) groups is 18. The van der Waals surface area contributed by atoms with E-state index in [-0.39, 0.29) is 56.3 Å². The lowest BCUT2D eigenvalue weighted by atomic mass is 9.99. The summed E-state index contributed by atoms with van der Waals surface area (Å²) in [5.41, 5.74) is 19.1. The van der Waals surface area contributed by atoms with Crippen molar-refractivity contribution in [2.24, 2.45) is 23.1 Å². The Bertz CT molecular complexity index is 5260. The Hall–Kier alpha value is -13.9. The number of likely N-dealkylation sites (tertiary alicyclic amines) is 2. The van der Waals surface area contributed by atoms with E-state index in [0.29, 0.717) is 64.2 Å². The smallest absolute Gasteiger partial charge is 0.305 e. The molecule has 0 spiro atoms. The van der Waals surface area contributed by atoms with Crippen LogP contribution in [-0.2, 0) is 118 Å². The van der Waals surface area contributed by atoms with Crippen molar-refractivity contribution in [1.29, 1.82) is 0 Å². The van der Waals surface area contributed by atoms with Crippen LogP contribution in [0.15, 0.2) is 128 Å². The van der Waals surface area contributed by atoms with Crippen molar-refractivity contribution < 1.29 is 125 Å². The standard InChI is InChI=1S/C91H114F3N17O23S/c1-7-8-23-69(90(133)111-44-57(115)38-71(111)86(129)104-66(40-77(121)122)84(127)106-79(48(2)3)91(134)107(4)54(45-112)30-49-17-11-9-12-18-49)108(5)89(132)72(35-50-19-13-10-14-20-50)109(6)88(131)67(34-52-31-59(92)78(94)60(93)32-52)100-75(118)47-135-46-68(80(123)99-42-74(97)117)105-83(126)65(39-73(96)116)102-81(124)63(33-51-24-26-55(113)27-25-51)101-82(125)64(36-53-41-98-62-22-16-15-21-58(53)62)103-85(128)70-37-56(114)43-110(70)87(130)61(95)28-29-76(119)120/h9-22,24-27,31-32,41,45,48,54,56-57,61,63-72,79,98,113-115H,7-8,23,28-30,33-40,42-44,46-47,95H2,1-6H3,(H2,96,116)(H2,97,117)(H,99,123)(H,100,118)(H,101,125)(H,102,124)(H,103,128)(H,104,129)(H,105,126)(H,106,127)(H,119,120)(H,121,122)/t54-,56+,57+,61-,63-,64-,65-,66-,67-,68-,69-,70+,71+,72-,79-/m0/s1. The SMILES string of the molecule is CCCC[C@@H](C(=O)N1C[C@H](O)C[C@@H]1C(=O)N[C@@H](CC(=O)O)C(=O)N[C@H](C(=O)N(C)[C@H](C=O)Cc1ccccc1)C(C)C)N(C)C(=O)[C@H](Cc1ccccc1)N(C)C(=O)[C@H](Cc1cc(F)c(F)c(F)c1)NC(=O)CSC[C@H](NC(=O)[C@H](CC(N)=O)NC(=O)[C@H](Cc1ccc(O)cc1)NC(=O)[C@H](Cc1c[nH]c2ccccc12)NC(=O)[C@H]1C[C@@H](O)CN1C(=O)[C@@H](N)CCC(=O)O)C(=O)NCC(N)=O. The highest BCUT2D eigenvalue weighted by Gasteiger charge is 2.48. The maximum atomic E-state index is 15.6. The number of rotatable bonds is 50. The summed E-state index contributed by atoms with van der Waals surface area (Å²) >= 11 is 0.546. The number of unbranched alkanes of at least 4 members (excludes halogenated alkanes) is 1. The number of carbonyl (C=O) groups excluding carboxylic acids is 16. The van der Waals surface area contributed by atoms with Gasteiger partial charge in [-0.25, -0.2) is 13.2 Å². The molecule has 0 bridgehead atoms. The predicted molar refractivity (Wildman–Crippen MR) is 480 cm³/mol. The number of hydrogen-bond acceptors (Lipinski definition) is 23. The highest BCUT2D eigenvalue weighted by molar-refractivity contribution is 8.00. The third-order valence-electron chi connectivity index (χ3n) is 23.0. The topological polar surface area (TPSA) is 615 Å². The number of aromatic hydroxyl groups is 1. The van der Waals surface area contributed by atoms with Crippen LogP contribution < -0.4 is 59.7 Å². The van der Waals surface area contributed by atoms with E-state index in [1.165, 1.54) is 38.4 Å².